The summed E-state index contributed by atoms with van der Waals surface area (Å²) in [7, 11) is 0. The third-order valence-electron chi connectivity index (χ3n) is 7.85. The number of fused-ring (bicyclic) bond motifs is 1. The summed E-state index contributed by atoms with van der Waals surface area (Å²) in [5.41, 5.74) is 3.66. The number of nitrogens with zero attached hydrogens (tertiary/aromatic N) is 3. The smallest absolute Gasteiger partial charge is 0.410 e. The predicted octanol–water partition coefficient (Wildman–Crippen LogP) is 4.81. The number of carbonyl (C=O) groups is 1. The minimum Gasteiger partial charge on any atom is -0.410 e. The Morgan fingerprint density at radius 3 is 2.43 bits per heavy atom. The Balaban J connectivity index is 1.29. The van der Waals surface area contributed by atoms with Crippen LogP contribution in [0.5, 0.6) is 5.75 Å². The Kier molecular flexibility index (Phi) is 6.98. The molecule has 188 valence electrons. The average molecular weight is 482 g/mol. The lowest BCUT2D eigenvalue weighted by Crippen LogP contribution is -2.49. The van der Waals surface area contributed by atoms with E-state index in [2.05, 4.69) is 41.8 Å². The Hall–Kier alpha value is -2.64. The summed E-state index contributed by atoms with van der Waals surface area (Å²) in [6, 6.07) is 13.0. The number of benzene rings is 2. The Bertz CT molecular complexity index is 1030. The number of hydrogen-bond acceptors (Lipinski definition) is 5. The third-order valence-corrected chi connectivity index (χ3v) is 7.85. The molecule has 3 aliphatic heterocycles. The van der Waals surface area contributed by atoms with Gasteiger partial charge in [0.1, 0.15) is 11.6 Å². The number of piperidine rings is 1. The standard InChI is InChI=1S/C28H36FN3O3/c1-28(2)11-14-32(27(33)35-25-6-3-22(29)4-7-25)20-21-19-24(5-8-26(21)28)30-12-9-23(10-13-30)31-15-17-34-18-16-31/h3-8,19,23H,9-18,20H2,1-2H3. The molecule has 0 saturated carbocycles. The van der Waals surface area contributed by atoms with Gasteiger partial charge in [-0.1, -0.05) is 19.9 Å². The summed E-state index contributed by atoms with van der Waals surface area (Å²) in [5, 5.41) is 0. The molecule has 0 N–H and O–H groups in total. The van der Waals surface area contributed by atoms with Gasteiger partial charge in [-0.25, -0.2) is 9.18 Å². The van der Waals surface area contributed by atoms with Crippen molar-refractivity contribution in [3.63, 3.8) is 0 Å². The van der Waals surface area contributed by atoms with Crippen molar-refractivity contribution >= 4 is 11.8 Å². The van der Waals surface area contributed by atoms with E-state index < -0.39 is 6.09 Å². The zero-order valence-corrected chi connectivity index (χ0v) is 20.8. The molecular weight excluding hydrogens is 445 g/mol. The number of rotatable bonds is 3. The second-order valence-electron chi connectivity index (χ2n) is 10.6. The molecule has 7 heteroatoms. The number of carbonyl (C=O) groups excluding carboxylic acids is 1. The summed E-state index contributed by atoms with van der Waals surface area (Å²) in [6.45, 7) is 11.5. The van der Waals surface area contributed by atoms with Crippen molar-refractivity contribution in [3.05, 3.63) is 59.4 Å². The van der Waals surface area contributed by atoms with Gasteiger partial charge in [-0.2, -0.15) is 0 Å². The summed E-state index contributed by atoms with van der Waals surface area (Å²) in [4.78, 5) is 19.8. The first-order chi connectivity index (χ1) is 16.9. The lowest BCUT2D eigenvalue weighted by molar-refractivity contribution is 0.0115. The van der Waals surface area contributed by atoms with Crippen LogP contribution in [-0.2, 0) is 16.7 Å². The third kappa shape index (κ3) is 5.46. The van der Waals surface area contributed by atoms with E-state index in [9.17, 15) is 9.18 Å². The molecule has 35 heavy (non-hydrogen) atoms. The van der Waals surface area contributed by atoms with Gasteiger partial charge in [0.25, 0.3) is 0 Å². The van der Waals surface area contributed by atoms with Crippen LogP contribution in [0.2, 0.25) is 0 Å². The highest BCUT2D eigenvalue weighted by Crippen LogP contribution is 2.36. The van der Waals surface area contributed by atoms with Crippen molar-refractivity contribution < 1.29 is 18.7 Å². The highest BCUT2D eigenvalue weighted by molar-refractivity contribution is 5.71. The summed E-state index contributed by atoms with van der Waals surface area (Å²) >= 11 is 0. The quantitative estimate of drug-likeness (QED) is 0.630. The molecule has 0 spiro atoms. The van der Waals surface area contributed by atoms with E-state index in [1.165, 1.54) is 53.9 Å². The largest absolute Gasteiger partial charge is 0.415 e. The first-order valence-corrected chi connectivity index (χ1v) is 12.8. The summed E-state index contributed by atoms with van der Waals surface area (Å²) < 4.78 is 24.3. The fourth-order valence-corrected chi connectivity index (χ4v) is 5.66. The van der Waals surface area contributed by atoms with Crippen molar-refractivity contribution in [1.82, 2.24) is 9.80 Å². The molecule has 3 heterocycles. The van der Waals surface area contributed by atoms with Gasteiger partial charge in [0, 0.05) is 51.0 Å². The molecule has 0 atom stereocenters. The van der Waals surface area contributed by atoms with Crippen molar-refractivity contribution in [3.8, 4) is 5.75 Å². The highest BCUT2D eigenvalue weighted by Gasteiger charge is 2.32. The molecule has 6 nitrogen and oxygen atoms in total. The molecule has 0 radical (unpaired) electrons. The minimum absolute atomic E-state index is 0.0396. The maximum atomic E-state index is 13.2. The lowest BCUT2D eigenvalue weighted by Gasteiger charge is -2.41. The van der Waals surface area contributed by atoms with Crippen LogP contribution in [0.3, 0.4) is 0 Å². The zero-order valence-electron chi connectivity index (χ0n) is 20.8. The van der Waals surface area contributed by atoms with E-state index in [4.69, 9.17) is 9.47 Å². The molecular formula is C28H36FN3O3. The molecule has 0 aliphatic carbocycles. The first-order valence-electron chi connectivity index (χ1n) is 12.8. The molecule has 2 saturated heterocycles. The van der Waals surface area contributed by atoms with Gasteiger partial charge >= 0.3 is 6.09 Å². The van der Waals surface area contributed by atoms with Crippen LogP contribution in [0.1, 0.15) is 44.2 Å². The number of morpholine rings is 1. The van der Waals surface area contributed by atoms with Gasteiger partial charge in [-0.15, -0.1) is 0 Å². The molecule has 5 rings (SSSR count). The Morgan fingerprint density at radius 1 is 1.00 bits per heavy atom. The second kappa shape index (κ2) is 10.2. The molecule has 2 fully saturated rings. The van der Waals surface area contributed by atoms with Gasteiger partial charge in [-0.05, 0) is 72.2 Å². The van der Waals surface area contributed by atoms with Crippen LogP contribution < -0.4 is 9.64 Å². The summed E-state index contributed by atoms with van der Waals surface area (Å²) in [6.07, 6.45) is 2.79. The van der Waals surface area contributed by atoms with Crippen molar-refractivity contribution in [2.75, 3.05) is 50.8 Å². The number of hydrogen-bond donors (Lipinski definition) is 0. The summed E-state index contributed by atoms with van der Waals surface area (Å²) in [5.74, 6) is 0.00813. The van der Waals surface area contributed by atoms with Gasteiger partial charge < -0.3 is 19.3 Å². The van der Waals surface area contributed by atoms with Gasteiger partial charge in [0.2, 0.25) is 0 Å². The van der Waals surface area contributed by atoms with Gasteiger partial charge in [-0.3, -0.25) is 4.90 Å². The second-order valence-corrected chi connectivity index (χ2v) is 10.6. The van der Waals surface area contributed by atoms with Crippen LogP contribution in [0.4, 0.5) is 14.9 Å². The number of ether oxygens (including phenoxy) is 2. The maximum absolute atomic E-state index is 13.2. The van der Waals surface area contributed by atoms with Crippen LogP contribution in [0, 0.1) is 5.82 Å². The maximum Gasteiger partial charge on any atom is 0.415 e. The van der Waals surface area contributed by atoms with E-state index in [1.807, 2.05) is 0 Å². The first kappa shape index (κ1) is 24.1. The number of amides is 1. The van der Waals surface area contributed by atoms with Crippen LogP contribution in [0.15, 0.2) is 42.5 Å². The van der Waals surface area contributed by atoms with Crippen LogP contribution in [0.25, 0.3) is 0 Å². The van der Waals surface area contributed by atoms with Crippen LogP contribution in [-0.4, -0.2) is 67.9 Å². The number of halogens is 1. The monoisotopic (exact) mass is 481 g/mol. The topological polar surface area (TPSA) is 45.2 Å². The van der Waals surface area contributed by atoms with Gasteiger partial charge in [0.15, 0.2) is 0 Å². The Labute approximate surface area is 207 Å². The van der Waals surface area contributed by atoms with Crippen molar-refractivity contribution in [2.45, 2.75) is 51.1 Å². The van der Waals surface area contributed by atoms with Crippen molar-refractivity contribution in [1.29, 1.82) is 0 Å². The minimum atomic E-state index is -0.392. The molecule has 2 aromatic rings. The zero-order chi connectivity index (χ0) is 24.4. The SMILES string of the molecule is CC1(C)CCN(C(=O)Oc2ccc(F)cc2)Cc2cc(N3CCC(N4CCOCC4)CC3)ccc21. The molecule has 0 aromatic heterocycles. The van der Waals surface area contributed by atoms with Gasteiger partial charge in [0.05, 0.1) is 13.2 Å². The molecule has 3 aliphatic rings. The average Bonchev–Trinajstić information content (AvgIpc) is 3.01. The highest BCUT2D eigenvalue weighted by atomic mass is 19.1. The van der Waals surface area contributed by atoms with E-state index >= 15 is 0 Å². The molecule has 0 bridgehead atoms. The normalized spacial score (nSPS) is 21.3. The predicted molar refractivity (Wildman–Crippen MR) is 135 cm³/mol. The molecule has 0 unspecified atom stereocenters. The van der Waals surface area contributed by atoms with E-state index in [0.29, 0.717) is 24.9 Å². The van der Waals surface area contributed by atoms with E-state index in [0.717, 1.165) is 45.8 Å². The van der Waals surface area contributed by atoms with E-state index in [1.54, 1.807) is 4.90 Å². The van der Waals surface area contributed by atoms with Crippen LogP contribution >= 0.6 is 0 Å². The fraction of sp³-hybridized carbons (Fsp3) is 0.536. The molecule has 1 amide bonds. The van der Waals surface area contributed by atoms with Crippen molar-refractivity contribution in [2.24, 2.45) is 0 Å². The number of anilines is 1. The van der Waals surface area contributed by atoms with E-state index in [-0.39, 0.29) is 11.2 Å². The fourth-order valence-electron chi connectivity index (χ4n) is 5.66. The Morgan fingerprint density at radius 2 is 1.71 bits per heavy atom. The molecule has 2 aromatic carbocycles. The lowest BCUT2D eigenvalue weighted by atomic mass is 9.80.